The maximum atomic E-state index is 13.0. The van der Waals surface area contributed by atoms with Crippen molar-refractivity contribution in [3.63, 3.8) is 0 Å². The Morgan fingerprint density at radius 3 is 2.68 bits per heavy atom. The summed E-state index contributed by atoms with van der Waals surface area (Å²) < 4.78 is 38.2. The van der Waals surface area contributed by atoms with E-state index >= 15 is 0 Å². The quantitative estimate of drug-likeness (QED) is 0.322. The Bertz CT molecular complexity index is 985. The predicted molar refractivity (Wildman–Crippen MR) is 103 cm³/mol. The maximum Gasteiger partial charge on any atom is 0.274 e. The zero-order valence-electron chi connectivity index (χ0n) is 13.9. The molecular formula is C16H12BrF3N6OS. The second kappa shape index (κ2) is 8.63. The molecule has 7 nitrogen and oxygen atoms in total. The number of amides is 1. The molecule has 0 aliphatic carbocycles. The maximum absolute atomic E-state index is 13.0. The summed E-state index contributed by atoms with van der Waals surface area (Å²) in [7, 11) is 0. The number of carbonyl (C=O) groups excluding carboxylic acids is 1. The first-order chi connectivity index (χ1) is 13.3. The second-order valence-electron chi connectivity index (χ2n) is 5.36. The molecule has 3 aromatic rings. The number of nitrogens with zero attached hydrogens (tertiary/aromatic N) is 4. The molecule has 146 valence electrons. The van der Waals surface area contributed by atoms with Gasteiger partial charge in [-0.2, -0.15) is 0 Å². The van der Waals surface area contributed by atoms with Crippen LogP contribution >= 0.6 is 27.3 Å². The summed E-state index contributed by atoms with van der Waals surface area (Å²) in [6, 6.07) is 6.38. The molecule has 0 unspecified atom stereocenters. The van der Waals surface area contributed by atoms with Gasteiger partial charge in [0.05, 0.1) is 12.2 Å². The molecule has 0 aliphatic rings. The normalized spacial score (nSPS) is 10.9. The minimum atomic E-state index is -2.53. The number of halogens is 4. The van der Waals surface area contributed by atoms with E-state index in [1.165, 1.54) is 24.5 Å². The van der Waals surface area contributed by atoms with Gasteiger partial charge in [0.25, 0.3) is 12.3 Å². The molecule has 0 spiro atoms. The molecule has 1 aromatic carbocycles. The van der Waals surface area contributed by atoms with Gasteiger partial charge in [-0.3, -0.25) is 4.79 Å². The third kappa shape index (κ3) is 4.64. The highest BCUT2D eigenvalue weighted by atomic mass is 79.9. The summed E-state index contributed by atoms with van der Waals surface area (Å²) in [5.41, 5.74) is 0.908. The zero-order chi connectivity index (χ0) is 20.3. The summed E-state index contributed by atoms with van der Waals surface area (Å²) in [5.74, 6) is 5.03. The smallest absolute Gasteiger partial charge is 0.274 e. The summed E-state index contributed by atoms with van der Waals surface area (Å²) in [6.07, 6.45) is -1.32. The van der Waals surface area contributed by atoms with Crippen LogP contribution in [0.5, 0.6) is 0 Å². The fourth-order valence-electron chi connectivity index (χ4n) is 2.14. The molecule has 28 heavy (non-hydrogen) atoms. The molecule has 0 aliphatic heterocycles. The van der Waals surface area contributed by atoms with Gasteiger partial charge < -0.3 is 5.32 Å². The van der Waals surface area contributed by atoms with Crippen molar-refractivity contribution in [1.82, 2.24) is 15.0 Å². The lowest BCUT2D eigenvalue weighted by Gasteiger charge is -2.12. The van der Waals surface area contributed by atoms with Crippen molar-refractivity contribution >= 4 is 44.1 Å². The van der Waals surface area contributed by atoms with E-state index in [0.717, 1.165) is 28.5 Å². The van der Waals surface area contributed by atoms with Crippen LogP contribution in [-0.4, -0.2) is 33.8 Å². The first-order valence-corrected chi connectivity index (χ1v) is 9.31. The number of rotatable bonds is 6. The largest absolute Gasteiger partial charge is 0.364 e. The van der Waals surface area contributed by atoms with Crippen molar-refractivity contribution in [2.45, 2.75) is 6.43 Å². The van der Waals surface area contributed by atoms with Crippen LogP contribution in [-0.2, 0) is 0 Å². The molecule has 2 aromatic heterocycles. The number of hydrogen-bond donors (Lipinski definition) is 2. The molecule has 2 heterocycles. The average molecular weight is 473 g/mol. The Morgan fingerprint density at radius 2 is 2.00 bits per heavy atom. The number of alkyl halides is 2. The van der Waals surface area contributed by atoms with E-state index in [4.69, 9.17) is 5.84 Å². The Hall–Kier alpha value is -2.57. The van der Waals surface area contributed by atoms with Gasteiger partial charge in [0.2, 0.25) is 5.13 Å². The van der Waals surface area contributed by atoms with Gasteiger partial charge in [-0.25, -0.2) is 39.0 Å². The van der Waals surface area contributed by atoms with Crippen LogP contribution in [0.4, 0.5) is 24.1 Å². The van der Waals surface area contributed by atoms with E-state index in [0.29, 0.717) is 15.2 Å². The summed E-state index contributed by atoms with van der Waals surface area (Å²) in [4.78, 5) is 24.7. The van der Waals surface area contributed by atoms with Gasteiger partial charge in [-0.15, -0.1) is 0 Å². The van der Waals surface area contributed by atoms with Gasteiger partial charge in [-0.05, 0) is 40.2 Å². The first kappa shape index (κ1) is 20.2. The summed E-state index contributed by atoms with van der Waals surface area (Å²) in [5, 5.41) is 3.49. The number of anilines is 2. The van der Waals surface area contributed by atoms with Crippen LogP contribution in [0.2, 0.25) is 0 Å². The monoisotopic (exact) mass is 472 g/mol. The molecule has 12 heteroatoms. The van der Waals surface area contributed by atoms with Crippen molar-refractivity contribution in [2.75, 3.05) is 16.9 Å². The van der Waals surface area contributed by atoms with Crippen LogP contribution in [0.15, 0.2) is 40.4 Å². The molecular weight excluding hydrogens is 461 g/mol. The average Bonchev–Trinajstić information content (AvgIpc) is 3.08. The lowest BCUT2D eigenvalue weighted by molar-refractivity contribution is 0.0986. The van der Waals surface area contributed by atoms with Crippen molar-refractivity contribution < 1.29 is 18.0 Å². The molecule has 3 rings (SSSR count). The van der Waals surface area contributed by atoms with Crippen molar-refractivity contribution in [3.05, 3.63) is 51.8 Å². The lowest BCUT2D eigenvalue weighted by Crippen LogP contribution is -2.37. The number of nitrogens with two attached hydrogens (primary N) is 1. The van der Waals surface area contributed by atoms with Gasteiger partial charge in [-0.1, -0.05) is 11.3 Å². The highest BCUT2D eigenvalue weighted by molar-refractivity contribution is 9.11. The highest BCUT2D eigenvalue weighted by Crippen LogP contribution is 2.36. The van der Waals surface area contributed by atoms with Gasteiger partial charge >= 0.3 is 0 Å². The van der Waals surface area contributed by atoms with Gasteiger partial charge in [0.1, 0.15) is 27.4 Å². The fourth-order valence-corrected chi connectivity index (χ4v) is 3.59. The standard InChI is InChI=1S/C16H12BrF3N6OS/c17-14-13(10-5-12(24-7-23-10)22-6-11(19)20)25-16(28-14)26(21)15(27)8-1-3-9(18)4-2-8/h1-5,7,11H,6,21H2,(H,22,23,24). The van der Waals surface area contributed by atoms with Crippen LogP contribution in [0.25, 0.3) is 11.4 Å². The summed E-state index contributed by atoms with van der Waals surface area (Å²) in [6.45, 7) is -0.553. The molecule has 0 saturated heterocycles. The third-order valence-corrected chi connectivity index (χ3v) is 5.14. The minimum absolute atomic E-state index is 0.164. The van der Waals surface area contributed by atoms with Crippen molar-refractivity contribution in [1.29, 1.82) is 0 Å². The van der Waals surface area contributed by atoms with E-state index in [2.05, 4.69) is 36.2 Å². The number of thiazole rings is 1. The van der Waals surface area contributed by atoms with Crippen LogP contribution < -0.4 is 16.2 Å². The Labute approximate surface area is 169 Å². The predicted octanol–water partition coefficient (Wildman–Crippen LogP) is 3.70. The summed E-state index contributed by atoms with van der Waals surface area (Å²) >= 11 is 4.41. The molecule has 0 radical (unpaired) electrons. The SMILES string of the molecule is NN(C(=O)c1ccc(F)cc1)c1nc(-c2cc(NCC(F)F)ncn2)c(Br)s1. The van der Waals surface area contributed by atoms with Crippen LogP contribution in [0, 0.1) is 5.82 Å². The minimum Gasteiger partial charge on any atom is -0.364 e. The molecule has 0 saturated carbocycles. The Morgan fingerprint density at radius 1 is 1.29 bits per heavy atom. The van der Waals surface area contributed by atoms with E-state index in [9.17, 15) is 18.0 Å². The number of nitrogens with one attached hydrogen (secondary N) is 1. The van der Waals surface area contributed by atoms with Crippen molar-refractivity contribution in [3.8, 4) is 11.4 Å². The van der Waals surface area contributed by atoms with Crippen molar-refractivity contribution in [2.24, 2.45) is 5.84 Å². The fraction of sp³-hybridized carbons (Fsp3) is 0.125. The van der Waals surface area contributed by atoms with E-state index in [1.807, 2.05) is 0 Å². The molecule has 3 N–H and O–H groups in total. The Balaban J connectivity index is 1.83. The van der Waals surface area contributed by atoms with E-state index in [-0.39, 0.29) is 16.5 Å². The molecule has 0 fully saturated rings. The molecule has 1 amide bonds. The number of hydrazine groups is 1. The number of carbonyl (C=O) groups is 1. The highest BCUT2D eigenvalue weighted by Gasteiger charge is 2.21. The van der Waals surface area contributed by atoms with Gasteiger partial charge in [0.15, 0.2) is 0 Å². The second-order valence-corrected chi connectivity index (χ2v) is 7.66. The zero-order valence-corrected chi connectivity index (χ0v) is 16.3. The van der Waals surface area contributed by atoms with Crippen LogP contribution in [0.3, 0.4) is 0 Å². The number of aromatic nitrogens is 3. The third-order valence-electron chi connectivity index (χ3n) is 3.44. The lowest BCUT2D eigenvalue weighted by atomic mass is 10.2. The molecule has 0 bridgehead atoms. The topological polar surface area (TPSA) is 97.0 Å². The van der Waals surface area contributed by atoms with Crippen LogP contribution in [0.1, 0.15) is 10.4 Å². The molecule has 0 atom stereocenters. The number of hydrogen-bond acceptors (Lipinski definition) is 7. The van der Waals surface area contributed by atoms with E-state index in [1.54, 1.807) is 0 Å². The Kier molecular flexibility index (Phi) is 6.21. The first-order valence-electron chi connectivity index (χ1n) is 7.70. The van der Waals surface area contributed by atoms with E-state index < -0.39 is 24.7 Å². The number of benzene rings is 1. The van der Waals surface area contributed by atoms with Gasteiger partial charge in [0, 0.05) is 11.6 Å².